The third-order valence-electron chi connectivity index (χ3n) is 3.38. The summed E-state index contributed by atoms with van der Waals surface area (Å²) >= 11 is 1.79. The van der Waals surface area contributed by atoms with Gasteiger partial charge in [0.2, 0.25) is 0 Å². The van der Waals surface area contributed by atoms with E-state index in [0.717, 1.165) is 12.2 Å². The summed E-state index contributed by atoms with van der Waals surface area (Å²) in [4.78, 5) is 1.36. The average Bonchev–Trinajstić information content (AvgIpc) is 3.06. The summed E-state index contributed by atoms with van der Waals surface area (Å²) in [5, 5.41) is 11.5. The number of nitrogens with one attached hydrogen (secondary N) is 1. The molecule has 0 aliphatic rings. The van der Waals surface area contributed by atoms with Gasteiger partial charge < -0.3 is 5.32 Å². The van der Waals surface area contributed by atoms with Crippen molar-refractivity contribution in [3.05, 3.63) is 52.3 Å². The van der Waals surface area contributed by atoms with E-state index in [-0.39, 0.29) is 0 Å². The molecule has 0 aliphatic carbocycles. The Morgan fingerprint density at radius 1 is 1.26 bits per heavy atom. The average molecular weight is 271 g/mol. The first-order valence-corrected chi connectivity index (χ1v) is 7.31. The van der Waals surface area contributed by atoms with Crippen molar-refractivity contribution in [3.63, 3.8) is 0 Å². The number of nitrogens with zero attached hydrogens (tertiary/aromatic N) is 2. The minimum absolute atomic E-state index is 0.362. The Bertz CT molecular complexity index is 670. The molecule has 1 N–H and O–H groups in total. The van der Waals surface area contributed by atoms with Crippen LogP contribution in [0.3, 0.4) is 0 Å². The van der Waals surface area contributed by atoms with Gasteiger partial charge in [-0.25, -0.2) is 0 Å². The highest BCUT2D eigenvalue weighted by molar-refractivity contribution is 7.10. The summed E-state index contributed by atoms with van der Waals surface area (Å²) < 4.78 is 1.95. The van der Waals surface area contributed by atoms with Gasteiger partial charge in [-0.2, -0.15) is 5.10 Å². The molecule has 0 unspecified atom stereocenters. The van der Waals surface area contributed by atoms with Crippen molar-refractivity contribution in [2.75, 3.05) is 0 Å². The monoisotopic (exact) mass is 271 g/mol. The van der Waals surface area contributed by atoms with E-state index in [1.165, 1.54) is 15.8 Å². The summed E-state index contributed by atoms with van der Waals surface area (Å²) in [5.74, 6) is 0. The highest BCUT2D eigenvalue weighted by atomic mass is 32.1. The molecule has 0 aliphatic heterocycles. The second-order valence-corrected chi connectivity index (χ2v) is 5.68. The molecule has 0 bridgehead atoms. The number of benzene rings is 1. The molecular weight excluding hydrogens is 254 g/mol. The Morgan fingerprint density at radius 3 is 2.89 bits per heavy atom. The van der Waals surface area contributed by atoms with E-state index in [9.17, 15) is 0 Å². The van der Waals surface area contributed by atoms with E-state index in [2.05, 4.69) is 59.1 Å². The summed E-state index contributed by atoms with van der Waals surface area (Å²) in [7, 11) is 1.99. The summed E-state index contributed by atoms with van der Waals surface area (Å²) in [6, 6.07) is 13.0. The molecule has 0 fully saturated rings. The molecule has 0 radical (unpaired) electrons. The molecular formula is C15H17N3S. The smallest absolute Gasteiger partial charge is 0.0841 e. The number of aryl methyl sites for hydroxylation is 1. The Morgan fingerprint density at radius 2 is 2.11 bits per heavy atom. The predicted octanol–water partition coefficient (Wildman–Crippen LogP) is 3.49. The maximum atomic E-state index is 4.60. The highest BCUT2D eigenvalue weighted by Crippen LogP contribution is 2.21. The largest absolute Gasteiger partial charge is 0.304 e. The number of fused-ring (bicyclic) bond motifs is 1. The van der Waals surface area contributed by atoms with Crippen LogP contribution in [0.25, 0.3) is 10.9 Å². The van der Waals surface area contributed by atoms with E-state index in [0.29, 0.717) is 6.04 Å². The van der Waals surface area contributed by atoms with Crippen molar-refractivity contribution < 1.29 is 0 Å². The SMILES string of the molecule is C[C@H](NCc1nn(C)c2ccccc12)c1cccs1. The molecule has 0 spiro atoms. The number of rotatable bonds is 4. The zero-order valence-corrected chi connectivity index (χ0v) is 11.9. The predicted molar refractivity (Wildman–Crippen MR) is 80.3 cm³/mol. The molecule has 2 aromatic heterocycles. The van der Waals surface area contributed by atoms with Crippen LogP contribution in [0.5, 0.6) is 0 Å². The lowest BCUT2D eigenvalue weighted by Crippen LogP contribution is -2.17. The van der Waals surface area contributed by atoms with Crippen molar-refractivity contribution in [1.29, 1.82) is 0 Å². The van der Waals surface area contributed by atoms with Gasteiger partial charge in [0.25, 0.3) is 0 Å². The van der Waals surface area contributed by atoms with Gasteiger partial charge in [0, 0.05) is 29.9 Å². The molecule has 1 aromatic carbocycles. The van der Waals surface area contributed by atoms with Crippen LogP contribution in [0, 0.1) is 0 Å². The molecule has 0 saturated heterocycles. The maximum Gasteiger partial charge on any atom is 0.0841 e. The molecule has 4 heteroatoms. The summed E-state index contributed by atoms with van der Waals surface area (Å²) in [6.45, 7) is 2.98. The van der Waals surface area contributed by atoms with E-state index in [1.807, 2.05) is 11.7 Å². The Hall–Kier alpha value is -1.65. The fraction of sp³-hybridized carbons (Fsp3) is 0.267. The maximum absolute atomic E-state index is 4.60. The first-order chi connectivity index (χ1) is 9.25. The second-order valence-electron chi connectivity index (χ2n) is 4.71. The summed E-state index contributed by atoms with van der Waals surface area (Å²) in [6.07, 6.45) is 0. The number of aromatic nitrogens is 2. The third kappa shape index (κ3) is 2.41. The number of hydrogen-bond donors (Lipinski definition) is 1. The van der Waals surface area contributed by atoms with Crippen molar-refractivity contribution in [3.8, 4) is 0 Å². The Balaban J connectivity index is 1.79. The van der Waals surface area contributed by atoms with Crippen molar-refractivity contribution in [2.24, 2.45) is 7.05 Å². The van der Waals surface area contributed by atoms with Crippen LogP contribution in [-0.2, 0) is 13.6 Å². The molecule has 3 nitrogen and oxygen atoms in total. The molecule has 0 saturated carbocycles. The number of para-hydroxylation sites is 1. The van der Waals surface area contributed by atoms with E-state index in [1.54, 1.807) is 11.3 Å². The minimum atomic E-state index is 0.362. The lowest BCUT2D eigenvalue weighted by Gasteiger charge is -2.10. The van der Waals surface area contributed by atoms with Crippen LogP contribution in [-0.4, -0.2) is 9.78 Å². The van der Waals surface area contributed by atoms with Gasteiger partial charge in [-0.15, -0.1) is 11.3 Å². The van der Waals surface area contributed by atoms with E-state index < -0.39 is 0 Å². The lowest BCUT2D eigenvalue weighted by atomic mass is 10.2. The zero-order chi connectivity index (χ0) is 13.2. The van der Waals surface area contributed by atoms with Crippen molar-refractivity contribution in [2.45, 2.75) is 19.5 Å². The van der Waals surface area contributed by atoms with Gasteiger partial charge in [0.15, 0.2) is 0 Å². The molecule has 19 heavy (non-hydrogen) atoms. The topological polar surface area (TPSA) is 29.9 Å². The number of thiophene rings is 1. The minimum Gasteiger partial charge on any atom is -0.304 e. The molecule has 1 atom stereocenters. The van der Waals surface area contributed by atoms with E-state index in [4.69, 9.17) is 0 Å². The van der Waals surface area contributed by atoms with Gasteiger partial charge in [-0.1, -0.05) is 24.3 Å². The van der Waals surface area contributed by atoms with Crippen molar-refractivity contribution >= 4 is 22.2 Å². The van der Waals surface area contributed by atoms with Crippen LogP contribution in [0.15, 0.2) is 41.8 Å². The van der Waals surface area contributed by atoms with Crippen LogP contribution >= 0.6 is 11.3 Å². The third-order valence-corrected chi connectivity index (χ3v) is 4.43. The second kappa shape index (κ2) is 5.15. The molecule has 0 amide bonds. The van der Waals surface area contributed by atoms with Crippen molar-refractivity contribution in [1.82, 2.24) is 15.1 Å². The molecule has 3 aromatic rings. The van der Waals surface area contributed by atoms with Gasteiger partial charge in [-0.3, -0.25) is 4.68 Å². The molecule has 2 heterocycles. The Kier molecular flexibility index (Phi) is 3.36. The first-order valence-electron chi connectivity index (χ1n) is 6.43. The summed E-state index contributed by atoms with van der Waals surface area (Å²) in [5.41, 5.74) is 2.30. The molecule has 3 rings (SSSR count). The van der Waals surface area contributed by atoms with Gasteiger partial charge >= 0.3 is 0 Å². The lowest BCUT2D eigenvalue weighted by molar-refractivity contribution is 0.571. The van der Waals surface area contributed by atoms with Crippen LogP contribution in [0.2, 0.25) is 0 Å². The standard InChI is InChI=1S/C15H17N3S/c1-11(15-8-5-9-19-15)16-10-13-12-6-3-4-7-14(12)18(2)17-13/h3-9,11,16H,10H2,1-2H3/t11-/m0/s1. The normalized spacial score (nSPS) is 12.9. The quantitative estimate of drug-likeness (QED) is 0.787. The zero-order valence-electron chi connectivity index (χ0n) is 11.1. The van der Waals surface area contributed by atoms with Crippen LogP contribution < -0.4 is 5.32 Å². The highest BCUT2D eigenvalue weighted by Gasteiger charge is 2.10. The first kappa shape index (κ1) is 12.4. The fourth-order valence-corrected chi connectivity index (χ4v) is 3.07. The van der Waals surface area contributed by atoms with Gasteiger partial charge in [0.1, 0.15) is 0 Å². The number of hydrogen-bond acceptors (Lipinski definition) is 3. The van der Waals surface area contributed by atoms with Gasteiger partial charge in [0.05, 0.1) is 11.2 Å². The van der Waals surface area contributed by atoms with E-state index >= 15 is 0 Å². The van der Waals surface area contributed by atoms with Crippen LogP contribution in [0.1, 0.15) is 23.5 Å². The molecule has 98 valence electrons. The fourth-order valence-electron chi connectivity index (χ4n) is 2.31. The van der Waals surface area contributed by atoms with Gasteiger partial charge in [-0.05, 0) is 24.4 Å². The van der Waals surface area contributed by atoms with Crippen LogP contribution in [0.4, 0.5) is 0 Å². The Labute approximate surface area is 116 Å².